The van der Waals surface area contributed by atoms with Gasteiger partial charge in [0.25, 0.3) is 0 Å². The fourth-order valence-electron chi connectivity index (χ4n) is 1.78. The summed E-state index contributed by atoms with van der Waals surface area (Å²) in [6.45, 7) is 1.91. The molecule has 2 amide bonds. The van der Waals surface area contributed by atoms with Crippen molar-refractivity contribution in [1.29, 1.82) is 0 Å². The second-order valence-electron chi connectivity index (χ2n) is 4.76. The first-order valence-electron chi connectivity index (χ1n) is 6.70. The molecule has 0 spiro atoms. The van der Waals surface area contributed by atoms with Crippen molar-refractivity contribution in [3.05, 3.63) is 54.1 Å². The summed E-state index contributed by atoms with van der Waals surface area (Å²) in [6, 6.07) is 12.4. The van der Waals surface area contributed by atoms with Crippen LogP contribution < -0.4 is 19.5 Å². The molecular formula is C15H17N3O4S. The van der Waals surface area contributed by atoms with Crippen LogP contribution in [0.1, 0.15) is 5.56 Å². The molecule has 7 nitrogen and oxygen atoms in total. The van der Waals surface area contributed by atoms with Gasteiger partial charge in [0.1, 0.15) is 5.75 Å². The van der Waals surface area contributed by atoms with Gasteiger partial charge in [-0.3, -0.25) is 4.72 Å². The van der Waals surface area contributed by atoms with Gasteiger partial charge in [-0.15, -0.1) is 0 Å². The van der Waals surface area contributed by atoms with Crippen LogP contribution in [0.25, 0.3) is 0 Å². The van der Waals surface area contributed by atoms with Crippen LogP contribution in [0.15, 0.2) is 48.5 Å². The van der Waals surface area contributed by atoms with Gasteiger partial charge >= 0.3 is 16.2 Å². The van der Waals surface area contributed by atoms with Gasteiger partial charge in [-0.05, 0) is 31.2 Å². The number of urea groups is 1. The molecule has 0 aliphatic carbocycles. The number of hydrogen-bond donors (Lipinski definition) is 3. The summed E-state index contributed by atoms with van der Waals surface area (Å²) in [4.78, 5) is 11.8. The molecule has 23 heavy (non-hydrogen) atoms. The topological polar surface area (TPSA) is 96.5 Å². The number of methoxy groups -OCH3 is 1. The SMILES string of the molecule is COc1cccc(NS(=O)(=O)NC(=O)Nc2ccc(C)cc2)c1. The monoisotopic (exact) mass is 335 g/mol. The van der Waals surface area contributed by atoms with E-state index in [4.69, 9.17) is 4.74 Å². The molecule has 0 radical (unpaired) electrons. The Bertz CT molecular complexity index is 789. The van der Waals surface area contributed by atoms with Crippen molar-refractivity contribution in [1.82, 2.24) is 4.72 Å². The van der Waals surface area contributed by atoms with Crippen LogP contribution in [0.5, 0.6) is 5.75 Å². The maximum absolute atomic E-state index is 11.9. The zero-order valence-corrected chi connectivity index (χ0v) is 13.5. The highest BCUT2D eigenvalue weighted by Gasteiger charge is 2.14. The van der Waals surface area contributed by atoms with Crippen molar-refractivity contribution < 1.29 is 17.9 Å². The first-order chi connectivity index (χ1) is 10.9. The molecule has 8 heteroatoms. The van der Waals surface area contributed by atoms with E-state index in [2.05, 4.69) is 10.0 Å². The lowest BCUT2D eigenvalue weighted by Gasteiger charge is -2.11. The van der Waals surface area contributed by atoms with E-state index in [-0.39, 0.29) is 5.69 Å². The molecule has 0 aromatic heterocycles. The number of anilines is 2. The van der Waals surface area contributed by atoms with E-state index in [0.29, 0.717) is 11.4 Å². The number of rotatable bonds is 5. The predicted molar refractivity (Wildman–Crippen MR) is 88.9 cm³/mol. The molecule has 0 bridgehead atoms. The molecule has 0 fully saturated rings. The summed E-state index contributed by atoms with van der Waals surface area (Å²) in [5, 5.41) is 2.44. The van der Waals surface area contributed by atoms with E-state index >= 15 is 0 Å². The fourth-order valence-corrected chi connectivity index (χ4v) is 2.57. The lowest BCUT2D eigenvalue weighted by molar-refractivity contribution is 0.256. The third-order valence-corrected chi connectivity index (χ3v) is 3.82. The highest BCUT2D eigenvalue weighted by Crippen LogP contribution is 2.17. The summed E-state index contributed by atoms with van der Waals surface area (Å²) in [5.74, 6) is 0.495. The number of carbonyl (C=O) groups is 1. The first kappa shape index (κ1) is 16.6. The molecule has 2 aromatic carbocycles. The van der Waals surface area contributed by atoms with E-state index in [1.54, 1.807) is 42.5 Å². The number of hydrogen-bond acceptors (Lipinski definition) is 4. The average molecular weight is 335 g/mol. The van der Waals surface area contributed by atoms with Crippen molar-refractivity contribution in [3.63, 3.8) is 0 Å². The van der Waals surface area contributed by atoms with Gasteiger partial charge in [0, 0.05) is 11.8 Å². The maximum Gasteiger partial charge on any atom is 0.334 e. The van der Waals surface area contributed by atoms with Crippen LogP contribution >= 0.6 is 0 Å². The minimum absolute atomic E-state index is 0.278. The van der Waals surface area contributed by atoms with Crippen molar-refractivity contribution >= 4 is 27.6 Å². The van der Waals surface area contributed by atoms with Crippen LogP contribution in [-0.4, -0.2) is 21.6 Å². The van der Waals surface area contributed by atoms with E-state index in [1.165, 1.54) is 13.2 Å². The number of aryl methyl sites for hydroxylation is 1. The van der Waals surface area contributed by atoms with Gasteiger partial charge in [0.15, 0.2) is 0 Å². The van der Waals surface area contributed by atoms with Gasteiger partial charge < -0.3 is 10.1 Å². The second-order valence-corrected chi connectivity index (χ2v) is 6.17. The molecule has 0 saturated heterocycles. The Morgan fingerprint density at radius 2 is 1.74 bits per heavy atom. The smallest absolute Gasteiger partial charge is 0.334 e. The van der Waals surface area contributed by atoms with Gasteiger partial charge in [-0.2, -0.15) is 8.42 Å². The molecule has 0 unspecified atom stereocenters. The van der Waals surface area contributed by atoms with Gasteiger partial charge in [-0.1, -0.05) is 23.8 Å². The summed E-state index contributed by atoms with van der Waals surface area (Å²) >= 11 is 0. The van der Waals surface area contributed by atoms with Crippen molar-refractivity contribution in [2.24, 2.45) is 0 Å². The number of nitrogens with one attached hydrogen (secondary N) is 3. The normalized spacial score (nSPS) is 10.7. The average Bonchev–Trinajstić information content (AvgIpc) is 2.48. The third kappa shape index (κ3) is 5.19. The van der Waals surface area contributed by atoms with Gasteiger partial charge in [0.2, 0.25) is 0 Å². The Hall–Kier alpha value is -2.74. The summed E-state index contributed by atoms with van der Waals surface area (Å²) < 4.78 is 33.0. The van der Waals surface area contributed by atoms with Crippen LogP contribution in [0.3, 0.4) is 0 Å². The Balaban J connectivity index is 1.99. The Labute approximate surface area is 134 Å². The minimum atomic E-state index is -4.05. The maximum atomic E-state index is 11.9. The number of amides is 2. The van der Waals surface area contributed by atoms with E-state index in [9.17, 15) is 13.2 Å². The van der Waals surface area contributed by atoms with Crippen molar-refractivity contribution in [2.45, 2.75) is 6.92 Å². The Morgan fingerprint density at radius 1 is 1.04 bits per heavy atom. The molecular weight excluding hydrogens is 318 g/mol. The summed E-state index contributed by atoms with van der Waals surface area (Å²) in [7, 11) is -2.58. The van der Waals surface area contributed by atoms with Crippen molar-refractivity contribution in [3.8, 4) is 5.75 Å². The molecule has 0 heterocycles. The third-order valence-electron chi connectivity index (χ3n) is 2.86. The molecule has 0 atom stereocenters. The molecule has 0 saturated carbocycles. The lowest BCUT2D eigenvalue weighted by atomic mass is 10.2. The largest absolute Gasteiger partial charge is 0.497 e. The number of benzene rings is 2. The lowest BCUT2D eigenvalue weighted by Crippen LogP contribution is -2.38. The van der Waals surface area contributed by atoms with Crippen LogP contribution in [0.4, 0.5) is 16.2 Å². The van der Waals surface area contributed by atoms with Gasteiger partial charge in [0.05, 0.1) is 12.8 Å². The van der Waals surface area contributed by atoms with E-state index < -0.39 is 16.2 Å². The zero-order valence-electron chi connectivity index (χ0n) is 12.7. The summed E-state index contributed by atoms with van der Waals surface area (Å²) in [6.07, 6.45) is 0. The molecule has 122 valence electrons. The molecule has 0 aliphatic heterocycles. The highest BCUT2D eigenvalue weighted by atomic mass is 32.2. The molecule has 2 rings (SSSR count). The van der Waals surface area contributed by atoms with Crippen LogP contribution in [0, 0.1) is 6.92 Å². The van der Waals surface area contributed by atoms with Crippen LogP contribution in [0.2, 0.25) is 0 Å². The number of ether oxygens (including phenoxy) is 1. The standard InChI is InChI=1S/C15H17N3O4S/c1-11-6-8-12(9-7-11)16-15(19)18-23(20,21)17-13-4-3-5-14(10-13)22-2/h3-10,17H,1-2H3,(H2,16,18,19). The van der Waals surface area contributed by atoms with E-state index in [1.807, 2.05) is 11.6 Å². The first-order valence-corrected chi connectivity index (χ1v) is 8.18. The zero-order chi connectivity index (χ0) is 16.9. The Kier molecular flexibility index (Phi) is 5.07. The molecule has 3 N–H and O–H groups in total. The second kappa shape index (κ2) is 7.01. The minimum Gasteiger partial charge on any atom is -0.497 e. The quantitative estimate of drug-likeness (QED) is 0.782. The van der Waals surface area contributed by atoms with Gasteiger partial charge in [-0.25, -0.2) is 9.52 Å². The molecule has 0 aliphatic rings. The summed E-state index contributed by atoms with van der Waals surface area (Å²) in [5.41, 5.74) is 1.80. The van der Waals surface area contributed by atoms with E-state index in [0.717, 1.165) is 5.56 Å². The predicted octanol–water partition coefficient (Wildman–Crippen LogP) is 2.48. The fraction of sp³-hybridized carbons (Fsp3) is 0.133. The Morgan fingerprint density at radius 3 is 2.39 bits per heavy atom. The molecule has 2 aromatic rings. The van der Waals surface area contributed by atoms with Crippen LogP contribution in [-0.2, 0) is 10.2 Å². The van der Waals surface area contributed by atoms with Crippen molar-refractivity contribution in [2.75, 3.05) is 17.1 Å². The number of carbonyl (C=O) groups excluding carboxylic acids is 1. The highest BCUT2D eigenvalue weighted by molar-refractivity contribution is 7.91.